The molecule has 16 heavy (non-hydrogen) atoms. The zero-order chi connectivity index (χ0) is 12.2. The molecule has 0 spiro atoms. The number of aliphatic hydroxyl groups excluding tert-OH is 1. The van der Waals surface area contributed by atoms with Gasteiger partial charge in [-0.25, -0.2) is 4.98 Å². The number of amides is 1. The Balaban J connectivity index is 2.51. The monoisotopic (exact) mass is 242 g/mol. The van der Waals surface area contributed by atoms with Crippen LogP contribution in [0.2, 0.25) is 0 Å². The molecular weight excluding hydrogens is 224 g/mol. The maximum Gasteiger partial charge on any atom is 0.226 e. The first kappa shape index (κ1) is 13.1. The number of aliphatic hydroxyl groups is 1. The SMILES string of the molecule is CCc1nc(CC(=O)NC(C)(C)CO)cs1. The van der Waals surface area contributed by atoms with Crippen LogP contribution in [0.3, 0.4) is 0 Å². The number of nitrogens with one attached hydrogen (secondary N) is 1. The van der Waals surface area contributed by atoms with Gasteiger partial charge in [-0.3, -0.25) is 4.79 Å². The van der Waals surface area contributed by atoms with Crippen molar-refractivity contribution in [2.45, 2.75) is 39.2 Å². The van der Waals surface area contributed by atoms with Crippen molar-refractivity contribution in [2.24, 2.45) is 0 Å². The number of carbonyl (C=O) groups excluding carboxylic acids is 1. The molecule has 0 aliphatic rings. The molecule has 1 aromatic heterocycles. The third-order valence-electron chi connectivity index (χ3n) is 2.12. The van der Waals surface area contributed by atoms with Crippen LogP contribution in [0.1, 0.15) is 31.5 Å². The van der Waals surface area contributed by atoms with Crippen LogP contribution in [-0.2, 0) is 17.6 Å². The summed E-state index contributed by atoms with van der Waals surface area (Å²) < 4.78 is 0. The van der Waals surface area contributed by atoms with Crippen LogP contribution in [0, 0.1) is 0 Å². The standard InChI is InChI=1S/C11H18N2O2S/c1-4-10-12-8(6-16-10)5-9(15)13-11(2,3)7-14/h6,14H,4-5,7H2,1-3H3,(H,13,15). The number of nitrogens with zero attached hydrogens (tertiary/aromatic N) is 1. The van der Waals surface area contributed by atoms with E-state index in [-0.39, 0.29) is 18.9 Å². The fourth-order valence-electron chi connectivity index (χ4n) is 1.22. The lowest BCUT2D eigenvalue weighted by atomic mass is 10.1. The first-order valence-corrected chi connectivity index (χ1v) is 6.20. The van der Waals surface area contributed by atoms with Gasteiger partial charge in [0.25, 0.3) is 0 Å². The third-order valence-corrected chi connectivity index (χ3v) is 3.16. The van der Waals surface area contributed by atoms with Crippen LogP contribution in [-0.4, -0.2) is 28.1 Å². The zero-order valence-electron chi connectivity index (χ0n) is 9.91. The average Bonchev–Trinajstić information content (AvgIpc) is 2.64. The number of hydrogen-bond acceptors (Lipinski definition) is 4. The Morgan fingerprint density at radius 2 is 2.31 bits per heavy atom. The fourth-order valence-corrected chi connectivity index (χ4v) is 1.96. The molecule has 0 unspecified atom stereocenters. The van der Waals surface area contributed by atoms with Crippen LogP contribution in [0.5, 0.6) is 0 Å². The van der Waals surface area contributed by atoms with Crippen molar-refractivity contribution in [3.8, 4) is 0 Å². The molecule has 0 saturated heterocycles. The largest absolute Gasteiger partial charge is 0.394 e. The highest BCUT2D eigenvalue weighted by Crippen LogP contribution is 2.11. The third kappa shape index (κ3) is 3.90. The number of carbonyl (C=O) groups is 1. The van der Waals surface area contributed by atoms with Crippen molar-refractivity contribution in [2.75, 3.05) is 6.61 Å². The Bertz CT molecular complexity index is 361. The number of aromatic nitrogens is 1. The molecular formula is C11H18N2O2S. The van der Waals surface area contributed by atoms with Crippen LogP contribution in [0.15, 0.2) is 5.38 Å². The molecule has 0 aromatic carbocycles. The normalized spacial score (nSPS) is 11.5. The summed E-state index contributed by atoms with van der Waals surface area (Å²) in [6.07, 6.45) is 1.17. The van der Waals surface area contributed by atoms with Crippen molar-refractivity contribution in [3.63, 3.8) is 0 Å². The summed E-state index contributed by atoms with van der Waals surface area (Å²) in [7, 11) is 0. The average molecular weight is 242 g/mol. The van der Waals surface area contributed by atoms with E-state index < -0.39 is 5.54 Å². The van der Waals surface area contributed by atoms with E-state index in [1.807, 2.05) is 12.3 Å². The summed E-state index contributed by atoms with van der Waals surface area (Å²) in [6, 6.07) is 0. The Morgan fingerprint density at radius 3 is 2.81 bits per heavy atom. The summed E-state index contributed by atoms with van der Waals surface area (Å²) in [5.41, 5.74) is 0.230. The summed E-state index contributed by atoms with van der Waals surface area (Å²) in [5.74, 6) is -0.105. The molecule has 0 radical (unpaired) electrons. The van der Waals surface area contributed by atoms with E-state index in [0.717, 1.165) is 17.1 Å². The van der Waals surface area contributed by atoms with Gasteiger partial charge in [-0.1, -0.05) is 6.92 Å². The van der Waals surface area contributed by atoms with Crippen LogP contribution in [0.25, 0.3) is 0 Å². The highest BCUT2D eigenvalue weighted by atomic mass is 32.1. The van der Waals surface area contributed by atoms with Gasteiger partial charge in [-0.2, -0.15) is 0 Å². The van der Waals surface area contributed by atoms with Crippen LogP contribution in [0.4, 0.5) is 0 Å². The maximum absolute atomic E-state index is 11.6. The molecule has 0 fully saturated rings. The molecule has 0 aliphatic carbocycles. The van der Waals surface area contributed by atoms with Gasteiger partial charge in [0.15, 0.2) is 0 Å². The van der Waals surface area contributed by atoms with Crippen molar-refractivity contribution < 1.29 is 9.90 Å². The van der Waals surface area contributed by atoms with Crippen molar-refractivity contribution >= 4 is 17.2 Å². The Labute approximate surface area is 99.7 Å². The zero-order valence-corrected chi connectivity index (χ0v) is 10.7. The van der Waals surface area contributed by atoms with Gasteiger partial charge in [-0.15, -0.1) is 11.3 Å². The van der Waals surface area contributed by atoms with Gasteiger partial charge in [0.2, 0.25) is 5.91 Å². The number of hydrogen-bond donors (Lipinski definition) is 2. The Kier molecular flexibility index (Phi) is 4.44. The Morgan fingerprint density at radius 1 is 1.62 bits per heavy atom. The van der Waals surface area contributed by atoms with Gasteiger partial charge in [0, 0.05) is 5.38 Å². The molecule has 5 heteroatoms. The van der Waals surface area contributed by atoms with Gasteiger partial charge >= 0.3 is 0 Å². The van der Waals surface area contributed by atoms with E-state index in [9.17, 15) is 4.79 Å². The van der Waals surface area contributed by atoms with E-state index in [1.54, 1.807) is 25.2 Å². The predicted octanol–water partition coefficient (Wildman–Crippen LogP) is 1.14. The topological polar surface area (TPSA) is 62.2 Å². The molecule has 1 rings (SSSR count). The summed E-state index contributed by atoms with van der Waals surface area (Å²) in [5, 5.41) is 14.7. The molecule has 1 heterocycles. The summed E-state index contributed by atoms with van der Waals surface area (Å²) >= 11 is 1.57. The van der Waals surface area contributed by atoms with E-state index >= 15 is 0 Å². The minimum absolute atomic E-state index is 0.0734. The molecule has 0 saturated carbocycles. The van der Waals surface area contributed by atoms with Crippen LogP contribution < -0.4 is 5.32 Å². The van der Waals surface area contributed by atoms with E-state index in [1.165, 1.54) is 0 Å². The van der Waals surface area contributed by atoms with Crippen molar-refractivity contribution in [1.29, 1.82) is 0 Å². The molecule has 1 amide bonds. The molecule has 1 aromatic rings. The van der Waals surface area contributed by atoms with Gasteiger partial charge in [0.1, 0.15) is 0 Å². The lowest BCUT2D eigenvalue weighted by molar-refractivity contribution is -0.122. The van der Waals surface area contributed by atoms with E-state index in [4.69, 9.17) is 5.11 Å². The van der Waals surface area contributed by atoms with Crippen molar-refractivity contribution in [3.05, 3.63) is 16.1 Å². The number of thiazole rings is 1. The van der Waals surface area contributed by atoms with Gasteiger partial charge < -0.3 is 10.4 Å². The molecule has 90 valence electrons. The quantitative estimate of drug-likeness (QED) is 0.814. The lowest BCUT2D eigenvalue weighted by Gasteiger charge is -2.23. The highest BCUT2D eigenvalue weighted by molar-refractivity contribution is 7.09. The van der Waals surface area contributed by atoms with E-state index in [0.29, 0.717) is 0 Å². The minimum atomic E-state index is -0.569. The Hall–Kier alpha value is -0.940. The van der Waals surface area contributed by atoms with E-state index in [2.05, 4.69) is 10.3 Å². The summed E-state index contributed by atoms with van der Waals surface area (Å²) in [4.78, 5) is 15.9. The van der Waals surface area contributed by atoms with Crippen LogP contribution >= 0.6 is 11.3 Å². The smallest absolute Gasteiger partial charge is 0.226 e. The molecule has 0 atom stereocenters. The minimum Gasteiger partial charge on any atom is -0.394 e. The predicted molar refractivity (Wildman–Crippen MR) is 64.5 cm³/mol. The highest BCUT2D eigenvalue weighted by Gasteiger charge is 2.19. The first-order valence-electron chi connectivity index (χ1n) is 5.32. The van der Waals surface area contributed by atoms with Gasteiger partial charge in [-0.05, 0) is 20.3 Å². The molecule has 2 N–H and O–H groups in total. The first-order chi connectivity index (χ1) is 7.46. The number of aryl methyl sites for hydroxylation is 1. The second kappa shape index (κ2) is 5.41. The van der Waals surface area contributed by atoms with Gasteiger partial charge in [0.05, 0.1) is 29.3 Å². The van der Waals surface area contributed by atoms with Crippen molar-refractivity contribution in [1.82, 2.24) is 10.3 Å². The molecule has 4 nitrogen and oxygen atoms in total. The second-order valence-corrected chi connectivity index (χ2v) is 5.30. The second-order valence-electron chi connectivity index (χ2n) is 4.35. The maximum atomic E-state index is 11.6. The fraction of sp³-hybridized carbons (Fsp3) is 0.636. The summed E-state index contributed by atoms with van der Waals surface area (Å²) in [6.45, 7) is 5.53. The lowest BCUT2D eigenvalue weighted by Crippen LogP contribution is -2.46. The number of rotatable bonds is 5. The molecule has 0 bridgehead atoms. The molecule has 0 aliphatic heterocycles.